The molecule has 4 N–H and O–H groups in total. The van der Waals surface area contributed by atoms with E-state index in [1.807, 2.05) is 24.3 Å². The standard InChI is InChI=1S/C30H43BN4O8/c1-29(2,3)43-27(38)32-24(19-9-5-4-6-10-19)26(37)35-18-22(15-23(35)25(36)33-30(13-14-30)31(40)41)42-28(39)34-16-20-11-7-8-12-21(20)17-34/h7-8,11-12,19,22-24,40-41H,4-6,9-10,13-18H2,1-3H3,(H,32,38)(H,33,36)/t22-,23+,24+/m1/s1. The summed E-state index contributed by atoms with van der Waals surface area (Å²) in [6.45, 7) is 6.02. The predicted molar refractivity (Wildman–Crippen MR) is 156 cm³/mol. The molecule has 12 nitrogen and oxygen atoms in total. The molecule has 1 aromatic carbocycles. The zero-order valence-corrected chi connectivity index (χ0v) is 25.2. The molecule has 2 saturated carbocycles. The van der Waals surface area contributed by atoms with Crippen LogP contribution in [-0.2, 0) is 32.2 Å². The average molecular weight is 599 g/mol. The Balaban J connectivity index is 1.34. The molecule has 2 heterocycles. The molecular formula is C30H43BN4O8. The van der Waals surface area contributed by atoms with Crippen LogP contribution in [0, 0.1) is 5.92 Å². The molecule has 0 unspecified atom stereocenters. The molecular weight excluding hydrogens is 555 g/mol. The first-order valence-corrected chi connectivity index (χ1v) is 15.4. The Kier molecular flexibility index (Phi) is 8.94. The molecule has 5 rings (SSSR count). The second kappa shape index (κ2) is 12.4. The maximum Gasteiger partial charge on any atom is 0.478 e. The Labute approximate surface area is 252 Å². The van der Waals surface area contributed by atoms with Crippen molar-refractivity contribution in [1.82, 2.24) is 20.4 Å². The number of carbonyl (C=O) groups is 4. The van der Waals surface area contributed by atoms with Gasteiger partial charge in [-0.25, -0.2) is 9.59 Å². The molecule has 0 bridgehead atoms. The monoisotopic (exact) mass is 598 g/mol. The van der Waals surface area contributed by atoms with Gasteiger partial charge in [-0.05, 0) is 63.5 Å². The van der Waals surface area contributed by atoms with Crippen LogP contribution < -0.4 is 10.6 Å². The van der Waals surface area contributed by atoms with Gasteiger partial charge in [0.05, 0.1) is 12.0 Å². The van der Waals surface area contributed by atoms with Gasteiger partial charge in [0.15, 0.2) is 0 Å². The van der Waals surface area contributed by atoms with Crippen LogP contribution in [0.1, 0.15) is 83.3 Å². The van der Waals surface area contributed by atoms with E-state index in [9.17, 15) is 29.2 Å². The van der Waals surface area contributed by atoms with Gasteiger partial charge >= 0.3 is 19.3 Å². The van der Waals surface area contributed by atoms with Gasteiger partial charge in [0.1, 0.15) is 23.8 Å². The summed E-state index contributed by atoms with van der Waals surface area (Å²) in [6.07, 6.45) is 3.20. The summed E-state index contributed by atoms with van der Waals surface area (Å²) in [5.74, 6) is -1.14. The third-order valence-corrected chi connectivity index (χ3v) is 8.93. The number of nitrogens with zero attached hydrogens (tertiary/aromatic N) is 2. The highest BCUT2D eigenvalue weighted by atomic mass is 16.6. The SMILES string of the molecule is CC(C)(C)OC(=O)N[C@H](C(=O)N1C[C@H](OC(=O)N2Cc3ccccc3C2)C[C@H]1C(=O)NC1(B(O)O)CC1)C1CCCCC1. The Hall–Kier alpha value is -3.32. The molecule has 3 fully saturated rings. The topological polar surface area (TPSA) is 158 Å². The predicted octanol–water partition coefficient (Wildman–Crippen LogP) is 2.24. The molecule has 1 saturated heterocycles. The van der Waals surface area contributed by atoms with E-state index in [4.69, 9.17) is 9.47 Å². The highest BCUT2D eigenvalue weighted by Gasteiger charge is 2.56. The molecule has 4 amide bonds. The maximum atomic E-state index is 14.2. The minimum absolute atomic E-state index is 0.0304. The highest BCUT2D eigenvalue weighted by Crippen LogP contribution is 2.37. The van der Waals surface area contributed by atoms with Crippen molar-refractivity contribution in [2.75, 3.05) is 6.54 Å². The zero-order valence-electron chi connectivity index (χ0n) is 25.2. The Morgan fingerprint density at radius 2 is 1.65 bits per heavy atom. The number of fused-ring (bicyclic) bond motifs is 1. The first-order chi connectivity index (χ1) is 20.3. The lowest BCUT2D eigenvalue weighted by Gasteiger charge is -2.35. The molecule has 2 aliphatic heterocycles. The van der Waals surface area contributed by atoms with Gasteiger partial charge in [0, 0.05) is 19.5 Å². The molecule has 0 aromatic heterocycles. The number of nitrogens with one attached hydrogen (secondary N) is 2. The van der Waals surface area contributed by atoms with E-state index in [0.717, 1.165) is 43.2 Å². The molecule has 4 aliphatic rings. The first kappa shape index (κ1) is 31.1. The Bertz CT molecular complexity index is 1200. The summed E-state index contributed by atoms with van der Waals surface area (Å²) in [6, 6.07) is 5.81. The van der Waals surface area contributed by atoms with E-state index in [0.29, 0.717) is 25.9 Å². The van der Waals surface area contributed by atoms with Gasteiger partial charge in [-0.1, -0.05) is 43.5 Å². The largest absolute Gasteiger partial charge is 0.478 e. The van der Waals surface area contributed by atoms with Crippen molar-refractivity contribution in [2.45, 2.75) is 114 Å². The fourth-order valence-electron chi connectivity index (χ4n) is 6.43. The molecule has 1 aromatic rings. The fraction of sp³-hybridized carbons (Fsp3) is 0.667. The van der Waals surface area contributed by atoms with Crippen molar-refractivity contribution in [3.63, 3.8) is 0 Å². The van der Waals surface area contributed by atoms with Crippen molar-refractivity contribution < 1.29 is 38.7 Å². The van der Waals surface area contributed by atoms with Gasteiger partial charge in [-0.2, -0.15) is 0 Å². The lowest BCUT2D eigenvalue weighted by Crippen LogP contribution is -2.59. The lowest BCUT2D eigenvalue weighted by atomic mass is 9.76. The van der Waals surface area contributed by atoms with Crippen molar-refractivity contribution in [3.05, 3.63) is 35.4 Å². The molecule has 43 heavy (non-hydrogen) atoms. The third-order valence-electron chi connectivity index (χ3n) is 8.93. The van der Waals surface area contributed by atoms with Gasteiger partial charge < -0.3 is 35.1 Å². The summed E-state index contributed by atoms with van der Waals surface area (Å²) in [4.78, 5) is 56.8. The normalized spacial score (nSPS) is 23.7. The highest BCUT2D eigenvalue weighted by molar-refractivity contribution is 6.47. The van der Waals surface area contributed by atoms with Gasteiger partial charge in [0.2, 0.25) is 11.8 Å². The summed E-state index contributed by atoms with van der Waals surface area (Å²) in [5, 5.41) is 25.2. The smallest absolute Gasteiger partial charge is 0.444 e. The van der Waals surface area contributed by atoms with E-state index < -0.39 is 60.3 Å². The van der Waals surface area contributed by atoms with Crippen LogP contribution in [0.5, 0.6) is 0 Å². The van der Waals surface area contributed by atoms with Crippen LogP contribution >= 0.6 is 0 Å². The quantitative estimate of drug-likeness (QED) is 0.348. The summed E-state index contributed by atoms with van der Waals surface area (Å²) in [5.41, 5.74) is 0.166. The maximum absolute atomic E-state index is 14.2. The second-order valence-electron chi connectivity index (χ2n) is 13.4. The second-order valence-corrected chi connectivity index (χ2v) is 13.4. The number of hydrogen-bond donors (Lipinski definition) is 4. The summed E-state index contributed by atoms with van der Waals surface area (Å²) < 4.78 is 11.3. The van der Waals surface area contributed by atoms with E-state index in [1.54, 1.807) is 25.7 Å². The van der Waals surface area contributed by atoms with Gasteiger partial charge in [-0.3, -0.25) is 14.5 Å². The number of alkyl carbamates (subject to hydrolysis) is 1. The number of amides is 4. The van der Waals surface area contributed by atoms with E-state index in [2.05, 4.69) is 10.6 Å². The average Bonchev–Trinajstić information content (AvgIpc) is 3.41. The third kappa shape index (κ3) is 7.26. The van der Waals surface area contributed by atoms with Crippen molar-refractivity contribution >= 4 is 31.1 Å². The number of rotatable bonds is 7. The number of benzene rings is 1. The van der Waals surface area contributed by atoms with Crippen molar-refractivity contribution in [3.8, 4) is 0 Å². The van der Waals surface area contributed by atoms with Gasteiger partial charge in [0.25, 0.3) is 0 Å². The minimum atomic E-state index is -1.74. The molecule has 13 heteroatoms. The summed E-state index contributed by atoms with van der Waals surface area (Å²) >= 11 is 0. The van der Waals surface area contributed by atoms with Crippen LogP contribution in [0.3, 0.4) is 0 Å². The molecule has 3 atom stereocenters. The Morgan fingerprint density at radius 3 is 2.21 bits per heavy atom. The van der Waals surface area contributed by atoms with E-state index in [1.165, 1.54) is 4.90 Å². The molecule has 0 spiro atoms. The molecule has 234 valence electrons. The van der Waals surface area contributed by atoms with E-state index in [-0.39, 0.29) is 18.9 Å². The van der Waals surface area contributed by atoms with Crippen molar-refractivity contribution in [1.29, 1.82) is 0 Å². The van der Waals surface area contributed by atoms with Crippen LogP contribution in [0.4, 0.5) is 9.59 Å². The fourth-order valence-corrected chi connectivity index (χ4v) is 6.43. The number of carbonyl (C=O) groups excluding carboxylic acids is 4. The number of likely N-dealkylation sites (tertiary alicyclic amines) is 1. The zero-order chi connectivity index (χ0) is 30.9. The summed E-state index contributed by atoms with van der Waals surface area (Å²) in [7, 11) is -1.74. The van der Waals surface area contributed by atoms with Crippen LogP contribution in [0.2, 0.25) is 0 Å². The van der Waals surface area contributed by atoms with Crippen LogP contribution in [-0.4, -0.2) is 86.7 Å². The van der Waals surface area contributed by atoms with E-state index >= 15 is 0 Å². The molecule has 0 radical (unpaired) electrons. The van der Waals surface area contributed by atoms with Crippen molar-refractivity contribution in [2.24, 2.45) is 5.92 Å². The number of ether oxygens (including phenoxy) is 2. The number of hydrogen-bond acceptors (Lipinski definition) is 8. The van der Waals surface area contributed by atoms with Gasteiger partial charge in [-0.15, -0.1) is 0 Å². The first-order valence-electron chi connectivity index (χ1n) is 15.4. The minimum Gasteiger partial charge on any atom is -0.444 e. The lowest BCUT2D eigenvalue weighted by molar-refractivity contribution is -0.141. The molecule has 2 aliphatic carbocycles. The van der Waals surface area contributed by atoms with Crippen LogP contribution in [0.15, 0.2) is 24.3 Å². The van der Waals surface area contributed by atoms with Crippen LogP contribution in [0.25, 0.3) is 0 Å². The Morgan fingerprint density at radius 1 is 1.02 bits per heavy atom.